The van der Waals surface area contributed by atoms with Crippen LogP contribution < -0.4 is 0 Å². The number of rotatable bonds is 5. The van der Waals surface area contributed by atoms with Crippen LogP contribution in [0.2, 0.25) is 0 Å². The lowest BCUT2D eigenvalue weighted by Gasteiger charge is -2.19. The molecule has 1 heterocycles. The Kier molecular flexibility index (Phi) is 4.44. The van der Waals surface area contributed by atoms with Gasteiger partial charge in [-0.15, -0.1) is 0 Å². The number of hydrogen-bond acceptors (Lipinski definition) is 0. The van der Waals surface area contributed by atoms with Crippen LogP contribution in [0.25, 0.3) is 0 Å². The molecule has 1 rings (SSSR count). The molecule has 0 aliphatic heterocycles. The molecule has 0 aliphatic rings. The zero-order chi connectivity index (χ0) is 11.3. The average Bonchev–Trinajstić information content (AvgIpc) is 2.59. The fourth-order valence-electron chi connectivity index (χ4n) is 2.04. The van der Waals surface area contributed by atoms with Crippen molar-refractivity contribution in [2.75, 3.05) is 0 Å². The first-order valence-electron chi connectivity index (χ1n) is 6.22. The van der Waals surface area contributed by atoms with E-state index >= 15 is 0 Å². The van der Waals surface area contributed by atoms with Gasteiger partial charge in [-0.3, -0.25) is 0 Å². The predicted molar refractivity (Wildman–Crippen MR) is 67.3 cm³/mol. The van der Waals surface area contributed by atoms with E-state index in [1.165, 1.54) is 43.2 Å². The van der Waals surface area contributed by atoms with Gasteiger partial charge >= 0.3 is 0 Å². The van der Waals surface area contributed by atoms with Crippen LogP contribution in [0.15, 0.2) is 12.4 Å². The highest BCUT2D eigenvalue weighted by Gasteiger charge is 2.17. The first-order chi connectivity index (χ1) is 7.05. The normalized spacial score (nSPS) is 12.0. The van der Waals surface area contributed by atoms with Gasteiger partial charge in [0.05, 0.1) is 0 Å². The van der Waals surface area contributed by atoms with Crippen molar-refractivity contribution >= 4 is 0 Å². The highest BCUT2D eigenvalue weighted by molar-refractivity contribution is 5.29. The van der Waals surface area contributed by atoms with E-state index in [0.29, 0.717) is 0 Å². The van der Waals surface area contributed by atoms with Crippen molar-refractivity contribution in [2.45, 2.75) is 65.2 Å². The Labute approximate surface area is 94.3 Å². The maximum Gasteiger partial charge on any atom is 0.00455 e. The van der Waals surface area contributed by atoms with E-state index in [-0.39, 0.29) is 5.41 Å². The lowest BCUT2D eigenvalue weighted by Crippen LogP contribution is -2.12. The molecule has 0 amide bonds. The molecule has 0 aromatic carbocycles. The zero-order valence-electron chi connectivity index (χ0n) is 10.7. The SMILES string of the molecule is CCCCCCc1c[nH]cc1C(C)(C)C. The molecule has 0 spiro atoms. The number of aromatic nitrogens is 1. The van der Waals surface area contributed by atoms with Crippen molar-refractivity contribution in [1.29, 1.82) is 0 Å². The van der Waals surface area contributed by atoms with Crippen LogP contribution in [0, 0.1) is 0 Å². The number of aromatic amines is 1. The van der Waals surface area contributed by atoms with Crippen molar-refractivity contribution in [3.8, 4) is 0 Å². The topological polar surface area (TPSA) is 15.8 Å². The summed E-state index contributed by atoms with van der Waals surface area (Å²) in [6.07, 6.45) is 11.0. The fourth-order valence-corrected chi connectivity index (χ4v) is 2.04. The van der Waals surface area contributed by atoms with Gasteiger partial charge in [-0.2, -0.15) is 0 Å². The molecule has 86 valence electrons. The number of hydrogen-bond donors (Lipinski definition) is 1. The second kappa shape index (κ2) is 5.39. The Bertz CT molecular complexity index is 278. The summed E-state index contributed by atoms with van der Waals surface area (Å²) < 4.78 is 0. The lowest BCUT2D eigenvalue weighted by molar-refractivity contribution is 0.578. The molecule has 0 radical (unpaired) electrons. The third-order valence-electron chi connectivity index (χ3n) is 2.94. The standard InChI is InChI=1S/C14H25N/c1-5-6-7-8-9-12-10-15-11-13(12)14(2,3)4/h10-11,15H,5-9H2,1-4H3. The van der Waals surface area contributed by atoms with Crippen molar-refractivity contribution in [1.82, 2.24) is 4.98 Å². The van der Waals surface area contributed by atoms with Crippen LogP contribution in [-0.2, 0) is 11.8 Å². The monoisotopic (exact) mass is 207 g/mol. The second-order valence-electron chi connectivity index (χ2n) is 5.45. The molecule has 0 saturated heterocycles. The van der Waals surface area contributed by atoms with Gasteiger partial charge in [0.1, 0.15) is 0 Å². The summed E-state index contributed by atoms with van der Waals surface area (Å²) >= 11 is 0. The quantitative estimate of drug-likeness (QED) is 0.687. The minimum absolute atomic E-state index is 0.278. The summed E-state index contributed by atoms with van der Waals surface area (Å²) in [4.78, 5) is 3.25. The third kappa shape index (κ3) is 3.73. The van der Waals surface area contributed by atoms with E-state index in [4.69, 9.17) is 0 Å². The summed E-state index contributed by atoms with van der Waals surface area (Å²) in [5.41, 5.74) is 3.28. The first kappa shape index (κ1) is 12.4. The van der Waals surface area contributed by atoms with Gasteiger partial charge < -0.3 is 4.98 Å². The van der Waals surface area contributed by atoms with Crippen LogP contribution in [0.3, 0.4) is 0 Å². The van der Waals surface area contributed by atoms with Gasteiger partial charge in [0.2, 0.25) is 0 Å². The summed E-state index contributed by atoms with van der Waals surface area (Å²) in [6.45, 7) is 9.11. The van der Waals surface area contributed by atoms with Crippen molar-refractivity contribution < 1.29 is 0 Å². The average molecular weight is 207 g/mol. The Hall–Kier alpha value is -0.720. The van der Waals surface area contributed by atoms with Crippen LogP contribution in [-0.4, -0.2) is 4.98 Å². The molecule has 1 nitrogen and oxygen atoms in total. The van der Waals surface area contributed by atoms with Gasteiger partial charge in [-0.25, -0.2) is 0 Å². The van der Waals surface area contributed by atoms with Crippen LogP contribution in [0.5, 0.6) is 0 Å². The van der Waals surface area contributed by atoms with Crippen LogP contribution >= 0.6 is 0 Å². The van der Waals surface area contributed by atoms with E-state index in [1.54, 1.807) is 0 Å². The number of aryl methyl sites for hydroxylation is 1. The molecule has 1 aromatic rings. The van der Waals surface area contributed by atoms with E-state index < -0.39 is 0 Å². The third-order valence-corrected chi connectivity index (χ3v) is 2.94. The largest absolute Gasteiger partial charge is 0.367 e. The van der Waals surface area contributed by atoms with Crippen molar-refractivity contribution in [2.24, 2.45) is 0 Å². The van der Waals surface area contributed by atoms with Gasteiger partial charge in [0.15, 0.2) is 0 Å². The van der Waals surface area contributed by atoms with Crippen LogP contribution in [0.4, 0.5) is 0 Å². The number of nitrogens with one attached hydrogen (secondary N) is 1. The Balaban J connectivity index is 2.51. The zero-order valence-corrected chi connectivity index (χ0v) is 10.7. The fraction of sp³-hybridized carbons (Fsp3) is 0.714. The number of unbranched alkanes of at least 4 members (excludes halogenated alkanes) is 3. The van der Waals surface area contributed by atoms with E-state index in [0.717, 1.165) is 0 Å². The molecule has 0 unspecified atom stereocenters. The summed E-state index contributed by atoms with van der Waals surface area (Å²) in [7, 11) is 0. The summed E-state index contributed by atoms with van der Waals surface area (Å²) in [5, 5.41) is 0. The minimum atomic E-state index is 0.278. The molecular formula is C14H25N. The molecular weight excluding hydrogens is 182 g/mol. The highest BCUT2D eigenvalue weighted by atomic mass is 14.6. The molecule has 0 fully saturated rings. The Morgan fingerprint density at radius 1 is 1.07 bits per heavy atom. The molecule has 1 aromatic heterocycles. The smallest absolute Gasteiger partial charge is 0.00455 e. The minimum Gasteiger partial charge on any atom is -0.367 e. The second-order valence-corrected chi connectivity index (χ2v) is 5.45. The Morgan fingerprint density at radius 2 is 1.80 bits per heavy atom. The molecule has 1 heteroatoms. The molecule has 15 heavy (non-hydrogen) atoms. The van der Waals surface area contributed by atoms with Gasteiger partial charge in [0, 0.05) is 12.4 Å². The molecule has 0 saturated carbocycles. The van der Waals surface area contributed by atoms with E-state index in [1.807, 2.05) is 0 Å². The van der Waals surface area contributed by atoms with E-state index in [2.05, 4.69) is 45.1 Å². The lowest BCUT2D eigenvalue weighted by atomic mass is 9.85. The molecule has 0 aliphatic carbocycles. The van der Waals surface area contributed by atoms with Crippen molar-refractivity contribution in [3.63, 3.8) is 0 Å². The first-order valence-corrected chi connectivity index (χ1v) is 6.22. The van der Waals surface area contributed by atoms with Gasteiger partial charge in [-0.05, 0) is 29.4 Å². The van der Waals surface area contributed by atoms with E-state index in [9.17, 15) is 0 Å². The predicted octanol–water partition coefficient (Wildman–Crippen LogP) is 4.44. The number of H-pyrrole nitrogens is 1. The highest BCUT2D eigenvalue weighted by Crippen LogP contribution is 2.26. The van der Waals surface area contributed by atoms with Crippen LogP contribution in [0.1, 0.15) is 64.5 Å². The molecule has 0 atom stereocenters. The molecule has 0 bridgehead atoms. The van der Waals surface area contributed by atoms with Crippen molar-refractivity contribution in [3.05, 3.63) is 23.5 Å². The summed E-state index contributed by atoms with van der Waals surface area (Å²) in [6, 6.07) is 0. The molecule has 1 N–H and O–H groups in total. The summed E-state index contributed by atoms with van der Waals surface area (Å²) in [5.74, 6) is 0. The maximum atomic E-state index is 3.25. The maximum absolute atomic E-state index is 3.25. The van der Waals surface area contributed by atoms with Gasteiger partial charge in [0.25, 0.3) is 0 Å². The van der Waals surface area contributed by atoms with Gasteiger partial charge in [-0.1, -0.05) is 47.0 Å². The Morgan fingerprint density at radius 3 is 2.40 bits per heavy atom.